The van der Waals surface area contributed by atoms with Crippen molar-refractivity contribution in [3.05, 3.63) is 21.3 Å². The molecular formula is C10H10ClNO2S. The summed E-state index contributed by atoms with van der Waals surface area (Å²) in [5, 5.41) is 2.25. The van der Waals surface area contributed by atoms with Gasteiger partial charge in [0.25, 0.3) is 5.91 Å². The molecule has 1 aliphatic heterocycles. The number of likely N-dealkylation sites (tertiary alicyclic amines) is 1. The van der Waals surface area contributed by atoms with E-state index in [0.29, 0.717) is 22.9 Å². The molecule has 0 atom stereocenters. The number of carbonyl (C=O) groups excluding carboxylic acids is 2. The number of hydrogen-bond acceptors (Lipinski definition) is 3. The molecule has 0 bridgehead atoms. The number of carbonyl (C=O) groups is 2. The molecule has 1 aromatic heterocycles. The lowest BCUT2D eigenvalue weighted by Gasteiger charge is -2.25. The van der Waals surface area contributed by atoms with Crippen LogP contribution in [0.25, 0.3) is 0 Å². The molecule has 1 saturated heterocycles. The van der Waals surface area contributed by atoms with Gasteiger partial charge in [-0.25, -0.2) is 0 Å². The third kappa shape index (κ3) is 2.21. The van der Waals surface area contributed by atoms with Crippen LogP contribution in [-0.2, 0) is 4.79 Å². The SMILES string of the molecule is O=C1CCCN(C(=O)c2sccc2Cl)C1. The molecule has 0 radical (unpaired) electrons. The summed E-state index contributed by atoms with van der Waals surface area (Å²) in [7, 11) is 0. The maximum Gasteiger partial charge on any atom is 0.265 e. The zero-order valence-corrected chi connectivity index (χ0v) is 9.61. The molecule has 0 saturated carbocycles. The summed E-state index contributed by atoms with van der Waals surface area (Å²) in [5.74, 6) is 0.00493. The van der Waals surface area contributed by atoms with Crippen molar-refractivity contribution in [2.75, 3.05) is 13.1 Å². The van der Waals surface area contributed by atoms with E-state index in [1.165, 1.54) is 11.3 Å². The molecule has 5 heteroatoms. The smallest absolute Gasteiger partial charge is 0.265 e. The minimum Gasteiger partial charge on any atom is -0.331 e. The van der Waals surface area contributed by atoms with Gasteiger partial charge in [-0.1, -0.05) is 11.6 Å². The second kappa shape index (κ2) is 4.33. The highest BCUT2D eigenvalue weighted by molar-refractivity contribution is 7.12. The maximum atomic E-state index is 11.9. The van der Waals surface area contributed by atoms with Gasteiger partial charge in [-0.2, -0.15) is 0 Å². The van der Waals surface area contributed by atoms with Crippen LogP contribution >= 0.6 is 22.9 Å². The molecule has 3 nitrogen and oxygen atoms in total. The molecule has 80 valence electrons. The average Bonchev–Trinajstić information content (AvgIpc) is 2.63. The Balaban J connectivity index is 2.14. The fourth-order valence-electron chi connectivity index (χ4n) is 1.60. The van der Waals surface area contributed by atoms with E-state index in [2.05, 4.69) is 0 Å². The van der Waals surface area contributed by atoms with Crippen LogP contribution in [0.1, 0.15) is 22.5 Å². The van der Waals surface area contributed by atoms with Gasteiger partial charge in [0.1, 0.15) is 4.88 Å². The van der Waals surface area contributed by atoms with Crippen molar-refractivity contribution in [1.82, 2.24) is 4.90 Å². The normalized spacial score (nSPS) is 16.9. The van der Waals surface area contributed by atoms with Crippen molar-refractivity contribution in [3.63, 3.8) is 0 Å². The summed E-state index contributed by atoms with van der Waals surface area (Å²) >= 11 is 7.19. The van der Waals surface area contributed by atoms with E-state index < -0.39 is 0 Å². The Labute approximate surface area is 96.6 Å². The van der Waals surface area contributed by atoms with Crippen LogP contribution in [0.15, 0.2) is 11.4 Å². The fourth-order valence-corrected chi connectivity index (χ4v) is 2.70. The van der Waals surface area contributed by atoms with Crippen LogP contribution in [0.4, 0.5) is 0 Å². The van der Waals surface area contributed by atoms with Crippen LogP contribution < -0.4 is 0 Å². The van der Waals surface area contributed by atoms with Crippen LogP contribution in [0, 0.1) is 0 Å². The Morgan fingerprint density at radius 3 is 2.93 bits per heavy atom. The Bertz CT molecular complexity index is 402. The van der Waals surface area contributed by atoms with Gasteiger partial charge in [0.05, 0.1) is 11.6 Å². The maximum absolute atomic E-state index is 11.9. The van der Waals surface area contributed by atoms with E-state index in [-0.39, 0.29) is 18.2 Å². The Kier molecular flexibility index (Phi) is 3.07. The lowest BCUT2D eigenvalue weighted by molar-refractivity contribution is -0.121. The zero-order chi connectivity index (χ0) is 10.8. The summed E-state index contributed by atoms with van der Waals surface area (Å²) in [6.07, 6.45) is 1.34. The first kappa shape index (κ1) is 10.6. The number of hydrogen-bond donors (Lipinski definition) is 0. The molecule has 2 heterocycles. The molecule has 0 N–H and O–H groups in total. The molecule has 0 spiro atoms. The molecule has 15 heavy (non-hydrogen) atoms. The monoisotopic (exact) mass is 243 g/mol. The van der Waals surface area contributed by atoms with Crippen molar-refractivity contribution >= 4 is 34.6 Å². The van der Waals surface area contributed by atoms with Crippen LogP contribution in [0.2, 0.25) is 5.02 Å². The number of Topliss-reactive ketones (excluding diaryl/α,β-unsaturated/α-hetero) is 1. The fraction of sp³-hybridized carbons (Fsp3) is 0.400. The number of halogens is 1. The summed E-state index contributed by atoms with van der Waals surface area (Å²) in [5.41, 5.74) is 0. The minimum absolute atomic E-state index is 0.122. The van der Waals surface area contributed by atoms with Crippen LogP contribution in [0.3, 0.4) is 0 Å². The first-order valence-electron chi connectivity index (χ1n) is 4.72. The van der Waals surface area contributed by atoms with E-state index in [9.17, 15) is 9.59 Å². The standard InChI is InChI=1S/C10H10ClNO2S/c11-8-3-5-15-9(8)10(14)12-4-1-2-7(13)6-12/h3,5H,1-2,4,6H2. The Morgan fingerprint density at radius 2 is 2.33 bits per heavy atom. The van der Waals surface area contributed by atoms with Crippen molar-refractivity contribution in [2.45, 2.75) is 12.8 Å². The molecule has 0 aliphatic carbocycles. The Morgan fingerprint density at radius 1 is 1.53 bits per heavy atom. The van der Waals surface area contributed by atoms with Gasteiger partial charge in [0.2, 0.25) is 0 Å². The van der Waals surface area contributed by atoms with Crippen molar-refractivity contribution in [3.8, 4) is 0 Å². The van der Waals surface area contributed by atoms with Crippen molar-refractivity contribution in [2.24, 2.45) is 0 Å². The van der Waals surface area contributed by atoms with E-state index in [1.54, 1.807) is 16.3 Å². The predicted octanol–water partition coefficient (Wildman–Crippen LogP) is 2.21. The van der Waals surface area contributed by atoms with Gasteiger partial charge in [0, 0.05) is 13.0 Å². The van der Waals surface area contributed by atoms with Gasteiger partial charge >= 0.3 is 0 Å². The van der Waals surface area contributed by atoms with Crippen LogP contribution in [-0.4, -0.2) is 29.7 Å². The Hall–Kier alpha value is -0.870. The number of piperidine rings is 1. The summed E-state index contributed by atoms with van der Waals surface area (Å²) in [6.45, 7) is 0.881. The summed E-state index contributed by atoms with van der Waals surface area (Å²) in [6, 6.07) is 1.70. The van der Waals surface area contributed by atoms with Gasteiger partial charge in [-0.15, -0.1) is 11.3 Å². The topological polar surface area (TPSA) is 37.4 Å². The van der Waals surface area contributed by atoms with Gasteiger partial charge < -0.3 is 4.90 Å². The largest absolute Gasteiger partial charge is 0.331 e. The highest BCUT2D eigenvalue weighted by Crippen LogP contribution is 2.24. The number of thiophene rings is 1. The van der Waals surface area contributed by atoms with Gasteiger partial charge in [-0.05, 0) is 17.9 Å². The lowest BCUT2D eigenvalue weighted by atomic mass is 10.1. The third-order valence-corrected chi connectivity index (χ3v) is 3.68. The van der Waals surface area contributed by atoms with Crippen molar-refractivity contribution in [1.29, 1.82) is 0 Å². The van der Waals surface area contributed by atoms with E-state index in [1.807, 2.05) is 0 Å². The third-order valence-electron chi connectivity index (χ3n) is 2.35. The highest BCUT2D eigenvalue weighted by atomic mass is 35.5. The molecule has 2 rings (SSSR count). The molecule has 1 fully saturated rings. The second-order valence-corrected chi connectivity index (χ2v) is 4.79. The first-order chi connectivity index (χ1) is 7.18. The molecule has 1 amide bonds. The molecular weight excluding hydrogens is 234 g/mol. The number of amides is 1. The predicted molar refractivity (Wildman–Crippen MR) is 59.5 cm³/mol. The average molecular weight is 244 g/mol. The summed E-state index contributed by atoms with van der Waals surface area (Å²) in [4.78, 5) is 25.2. The minimum atomic E-state index is -0.122. The van der Waals surface area contributed by atoms with E-state index in [0.717, 1.165) is 6.42 Å². The van der Waals surface area contributed by atoms with E-state index >= 15 is 0 Å². The summed E-state index contributed by atoms with van der Waals surface area (Å²) < 4.78 is 0. The van der Waals surface area contributed by atoms with Crippen molar-refractivity contribution < 1.29 is 9.59 Å². The van der Waals surface area contributed by atoms with Gasteiger partial charge in [-0.3, -0.25) is 9.59 Å². The van der Waals surface area contributed by atoms with E-state index in [4.69, 9.17) is 11.6 Å². The molecule has 1 aliphatic rings. The zero-order valence-electron chi connectivity index (χ0n) is 8.03. The number of nitrogens with zero attached hydrogens (tertiary/aromatic N) is 1. The quantitative estimate of drug-likeness (QED) is 0.758. The highest BCUT2D eigenvalue weighted by Gasteiger charge is 2.24. The van der Waals surface area contributed by atoms with Gasteiger partial charge in [0.15, 0.2) is 5.78 Å². The molecule has 0 aromatic carbocycles. The lowest BCUT2D eigenvalue weighted by Crippen LogP contribution is -2.39. The molecule has 1 aromatic rings. The molecule has 0 unspecified atom stereocenters. The number of rotatable bonds is 1. The second-order valence-electron chi connectivity index (χ2n) is 3.47. The first-order valence-corrected chi connectivity index (χ1v) is 5.98. The van der Waals surface area contributed by atoms with Crippen LogP contribution in [0.5, 0.6) is 0 Å². The number of ketones is 1.